The first kappa shape index (κ1) is 18.6. The molecular formula is C23H24N6O. The minimum absolute atomic E-state index is 0.689. The quantitative estimate of drug-likeness (QED) is 0.560. The van der Waals surface area contributed by atoms with Crippen molar-refractivity contribution in [2.75, 3.05) is 36.5 Å². The standard InChI is InChI=1S/C23H24N6O/c1-16-3-6-18(7-4-16)25-22-14-19(26-23(27-22)29-9-11-30-12-10-29)17-5-8-21-20(13-17)24-15-28(21)2/h3-8,13-15H,9-12H2,1-2H3,(H,25,26,27). The van der Waals surface area contributed by atoms with E-state index in [1.807, 2.05) is 24.0 Å². The number of benzene rings is 2. The van der Waals surface area contributed by atoms with Gasteiger partial charge in [-0.05, 0) is 31.2 Å². The lowest BCUT2D eigenvalue weighted by Gasteiger charge is -2.27. The van der Waals surface area contributed by atoms with E-state index in [-0.39, 0.29) is 0 Å². The van der Waals surface area contributed by atoms with Crippen LogP contribution in [0.1, 0.15) is 5.56 Å². The van der Waals surface area contributed by atoms with Crippen molar-refractivity contribution in [3.63, 3.8) is 0 Å². The lowest BCUT2D eigenvalue weighted by atomic mass is 10.1. The molecule has 0 radical (unpaired) electrons. The SMILES string of the molecule is Cc1ccc(Nc2cc(-c3ccc4c(c3)ncn4C)nc(N3CCOCC3)n2)cc1. The molecule has 7 heteroatoms. The van der Waals surface area contributed by atoms with E-state index in [9.17, 15) is 0 Å². The van der Waals surface area contributed by atoms with Crippen molar-refractivity contribution >= 4 is 28.5 Å². The fourth-order valence-corrected chi connectivity index (χ4v) is 3.63. The summed E-state index contributed by atoms with van der Waals surface area (Å²) >= 11 is 0. The molecule has 0 spiro atoms. The molecule has 0 atom stereocenters. The van der Waals surface area contributed by atoms with E-state index in [2.05, 4.69) is 64.6 Å². The Morgan fingerprint density at radius 2 is 1.77 bits per heavy atom. The molecule has 0 saturated carbocycles. The van der Waals surface area contributed by atoms with Crippen LogP contribution in [0.15, 0.2) is 54.9 Å². The van der Waals surface area contributed by atoms with Crippen LogP contribution >= 0.6 is 0 Å². The van der Waals surface area contributed by atoms with E-state index in [0.717, 1.165) is 46.9 Å². The number of nitrogens with zero attached hydrogens (tertiary/aromatic N) is 5. The van der Waals surface area contributed by atoms with E-state index in [0.29, 0.717) is 19.2 Å². The molecule has 7 nitrogen and oxygen atoms in total. The van der Waals surface area contributed by atoms with E-state index < -0.39 is 0 Å². The van der Waals surface area contributed by atoms with Crippen LogP contribution in [0, 0.1) is 6.92 Å². The number of aromatic nitrogens is 4. The number of hydrogen-bond donors (Lipinski definition) is 1. The fraction of sp³-hybridized carbons (Fsp3) is 0.261. The molecule has 1 aliphatic heterocycles. The minimum Gasteiger partial charge on any atom is -0.378 e. The number of imidazole rings is 1. The normalized spacial score (nSPS) is 14.3. The molecule has 1 aliphatic rings. The maximum Gasteiger partial charge on any atom is 0.228 e. The van der Waals surface area contributed by atoms with Crippen LogP contribution in [-0.4, -0.2) is 45.8 Å². The maximum absolute atomic E-state index is 5.50. The van der Waals surface area contributed by atoms with Gasteiger partial charge in [0.15, 0.2) is 0 Å². The Kier molecular flexibility index (Phi) is 4.80. The van der Waals surface area contributed by atoms with Gasteiger partial charge in [0.1, 0.15) is 5.82 Å². The molecule has 1 fully saturated rings. The first-order valence-electron chi connectivity index (χ1n) is 10.1. The topological polar surface area (TPSA) is 68.1 Å². The summed E-state index contributed by atoms with van der Waals surface area (Å²) in [7, 11) is 2.00. The highest BCUT2D eigenvalue weighted by Crippen LogP contribution is 2.27. The van der Waals surface area contributed by atoms with Gasteiger partial charge in [0.2, 0.25) is 5.95 Å². The van der Waals surface area contributed by atoms with Crippen molar-refractivity contribution < 1.29 is 4.74 Å². The monoisotopic (exact) mass is 400 g/mol. The van der Waals surface area contributed by atoms with Gasteiger partial charge in [-0.1, -0.05) is 23.8 Å². The molecule has 5 rings (SSSR count). The third-order valence-electron chi connectivity index (χ3n) is 5.35. The molecule has 0 unspecified atom stereocenters. The summed E-state index contributed by atoms with van der Waals surface area (Å²) in [6.07, 6.45) is 1.83. The summed E-state index contributed by atoms with van der Waals surface area (Å²) in [5.74, 6) is 1.48. The lowest BCUT2D eigenvalue weighted by Crippen LogP contribution is -2.37. The number of nitrogens with one attached hydrogen (secondary N) is 1. The Morgan fingerprint density at radius 1 is 0.967 bits per heavy atom. The van der Waals surface area contributed by atoms with Gasteiger partial charge < -0.3 is 19.5 Å². The summed E-state index contributed by atoms with van der Waals surface area (Å²) in [4.78, 5) is 16.3. The van der Waals surface area contributed by atoms with Crippen LogP contribution in [0.4, 0.5) is 17.5 Å². The van der Waals surface area contributed by atoms with Gasteiger partial charge in [0.25, 0.3) is 0 Å². The van der Waals surface area contributed by atoms with Crippen LogP contribution < -0.4 is 10.2 Å². The summed E-state index contributed by atoms with van der Waals surface area (Å²) in [5.41, 5.74) is 6.16. The highest BCUT2D eigenvalue weighted by Gasteiger charge is 2.17. The van der Waals surface area contributed by atoms with Crippen molar-refractivity contribution in [1.82, 2.24) is 19.5 Å². The molecule has 0 amide bonds. The minimum atomic E-state index is 0.689. The van der Waals surface area contributed by atoms with Gasteiger partial charge in [-0.25, -0.2) is 9.97 Å². The Bertz CT molecular complexity index is 1180. The Balaban J connectivity index is 1.56. The average molecular weight is 400 g/mol. The second-order valence-corrected chi connectivity index (χ2v) is 7.59. The molecule has 2 aromatic carbocycles. The molecule has 30 heavy (non-hydrogen) atoms. The predicted molar refractivity (Wildman–Crippen MR) is 119 cm³/mol. The van der Waals surface area contributed by atoms with Crippen LogP contribution in [0.5, 0.6) is 0 Å². The highest BCUT2D eigenvalue weighted by molar-refractivity contribution is 5.82. The molecule has 0 aliphatic carbocycles. The zero-order valence-corrected chi connectivity index (χ0v) is 17.2. The van der Waals surface area contributed by atoms with Gasteiger partial charge in [0, 0.05) is 37.5 Å². The number of anilines is 3. The molecule has 3 heterocycles. The zero-order chi connectivity index (χ0) is 20.5. The van der Waals surface area contributed by atoms with Gasteiger partial charge in [0.05, 0.1) is 36.3 Å². The van der Waals surface area contributed by atoms with Gasteiger partial charge in [-0.15, -0.1) is 0 Å². The Labute approximate surface area is 175 Å². The summed E-state index contributed by atoms with van der Waals surface area (Å²) in [6.45, 7) is 5.03. The second-order valence-electron chi connectivity index (χ2n) is 7.59. The van der Waals surface area contributed by atoms with Crippen molar-refractivity contribution in [3.8, 4) is 11.3 Å². The summed E-state index contributed by atoms with van der Waals surface area (Å²) in [5, 5.41) is 3.43. The fourth-order valence-electron chi connectivity index (χ4n) is 3.63. The maximum atomic E-state index is 5.50. The Morgan fingerprint density at radius 3 is 2.57 bits per heavy atom. The van der Waals surface area contributed by atoms with Crippen molar-refractivity contribution in [1.29, 1.82) is 0 Å². The van der Waals surface area contributed by atoms with E-state index in [4.69, 9.17) is 14.7 Å². The molecule has 152 valence electrons. The lowest BCUT2D eigenvalue weighted by molar-refractivity contribution is 0.122. The van der Waals surface area contributed by atoms with Crippen LogP contribution in [0.2, 0.25) is 0 Å². The third kappa shape index (κ3) is 3.71. The number of fused-ring (bicyclic) bond motifs is 1. The first-order chi connectivity index (χ1) is 14.7. The van der Waals surface area contributed by atoms with Gasteiger partial charge in [-0.3, -0.25) is 0 Å². The number of hydrogen-bond acceptors (Lipinski definition) is 6. The molecule has 0 bridgehead atoms. The third-order valence-corrected chi connectivity index (χ3v) is 5.35. The molecular weight excluding hydrogens is 376 g/mol. The molecule has 1 N–H and O–H groups in total. The summed E-state index contributed by atoms with van der Waals surface area (Å²) < 4.78 is 7.52. The Hall–Kier alpha value is -3.45. The number of morpholine rings is 1. The molecule has 2 aromatic heterocycles. The van der Waals surface area contributed by atoms with Crippen LogP contribution in [0.25, 0.3) is 22.3 Å². The van der Waals surface area contributed by atoms with E-state index >= 15 is 0 Å². The highest BCUT2D eigenvalue weighted by atomic mass is 16.5. The number of ether oxygens (including phenoxy) is 1. The largest absolute Gasteiger partial charge is 0.378 e. The average Bonchev–Trinajstić information content (AvgIpc) is 3.16. The number of aryl methyl sites for hydroxylation is 2. The molecule has 4 aromatic rings. The summed E-state index contributed by atoms with van der Waals surface area (Å²) in [6, 6.07) is 16.5. The second kappa shape index (κ2) is 7.76. The van der Waals surface area contributed by atoms with E-state index in [1.165, 1.54) is 5.56 Å². The smallest absolute Gasteiger partial charge is 0.228 e. The van der Waals surface area contributed by atoms with Crippen molar-refractivity contribution in [2.24, 2.45) is 7.05 Å². The van der Waals surface area contributed by atoms with Crippen LogP contribution in [0.3, 0.4) is 0 Å². The van der Waals surface area contributed by atoms with Crippen molar-refractivity contribution in [3.05, 3.63) is 60.4 Å². The van der Waals surface area contributed by atoms with Gasteiger partial charge in [-0.2, -0.15) is 4.98 Å². The van der Waals surface area contributed by atoms with Crippen LogP contribution in [-0.2, 0) is 11.8 Å². The van der Waals surface area contributed by atoms with Gasteiger partial charge >= 0.3 is 0 Å². The van der Waals surface area contributed by atoms with Crippen molar-refractivity contribution in [2.45, 2.75) is 6.92 Å². The number of rotatable bonds is 4. The predicted octanol–water partition coefficient (Wildman–Crippen LogP) is 3.92. The first-order valence-corrected chi connectivity index (χ1v) is 10.1. The van der Waals surface area contributed by atoms with E-state index in [1.54, 1.807) is 0 Å². The molecule has 1 saturated heterocycles. The zero-order valence-electron chi connectivity index (χ0n) is 17.2.